The molecular weight excluding hydrogens is 443 g/mol. The molecule has 0 fully saturated rings. The van der Waals surface area contributed by atoms with Crippen LogP contribution in [0.5, 0.6) is 0 Å². The Hall–Kier alpha value is -4.02. The van der Waals surface area contributed by atoms with Gasteiger partial charge in [0.25, 0.3) is 0 Å². The standard InChI is InChI=1S/C28H29FN4O2/c1-19-11-20(2)28(21(3)12-19)32-26(34)15-31-27(35)18-33(17-24-5-4-6-25(29)13-24)16-23-9-7-22(14-30)8-10-23/h4-13H,15-18H2,1-3H3,(H,31,35)(H,32,34). The predicted octanol–water partition coefficient (Wildman–Crippen LogP) is 4.38. The molecular formula is C28H29FN4O2. The van der Waals surface area contributed by atoms with E-state index < -0.39 is 0 Å². The third-order valence-electron chi connectivity index (χ3n) is 5.54. The Balaban J connectivity index is 1.62. The summed E-state index contributed by atoms with van der Waals surface area (Å²) in [5.74, 6) is -0.969. The molecule has 0 aliphatic heterocycles. The van der Waals surface area contributed by atoms with Crippen LogP contribution in [0.25, 0.3) is 0 Å². The van der Waals surface area contributed by atoms with Gasteiger partial charge in [0.2, 0.25) is 11.8 Å². The van der Waals surface area contributed by atoms with Crippen LogP contribution in [0.15, 0.2) is 60.7 Å². The molecule has 0 radical (unpaired) electrons. The Morgan fingerprint density at radius 2 is 1.57 bits per heavy atom. The van der Waals surface area contributed by atoms with E-state index in [1.807, 2.05) is 49.9 Å². The second kappa shape index (κ2) is 11.9. The highest BCUT2D eigenvalue weighted by atomic mass is 19.1. The first-order chi connectivity index (χ1) is 16.7. The molecule has 3 rings (SSSR count). The Bertz CT molecular complexity index is 1230. The van der Waals surface area contributed by atoms with Crippen molar-refractivity contribution in [3.63, 3.8) is 0 Å². The van der Waals surface area contributed by atoms with Crippen LogP contribution in [0.2, 0.25) is 0 Å². The lowest BCUT2D eigenvalue weighted by Crippen LogP contribution is -2.40. The minimum Gasteiger partial charge on any atom is -0.346 e. The normalized spacial score (nSPS) is 10.6. The van der Waals surface area contributed by atoms with Gasteiger partial charge in [-0.1, -0.05) is 42.0 Å². The van der Waals surface area contributed by atoms with Gasteiger partial charge in [-0.25, -0.2) is 4.39 Å². The molecule has 180 valence electrons. The molecule has 0 atom stereocenters. The first kappa shape index (κ1) is 25.6. The smallest absolute Gasteiger partial charge is 0.243 e. The summed E-state index contributed by atoms with van der Waals surface area (Å²) in [7, 11) is 0. The fourth-order valence-electron chi connectivity index (χ4n) is 4.00. The molecule has 7 heteroatoms. The monoisotopic (exact) mass is 472 g/mol. The number of carbonyl (C=O) groups excluding carboxylic acids is 2. The number of rotatable bonds is 9. The fourth-order valence-corrected chi connectivity index (χ4v) is 4.00. The zero-order chi connectivity index (χ0) is 25.4. The molecule has 0 saturated carbocycles. The molecule has 3 aromatic carbocycles. The van der Waals surface area contributed by atoms with Crippen LogP contribution >= 0.6 is 0 Å². The van der Waals surface area contributed by atoms with Crippen molar-refractivity contribution in [3.8, 4) is 6.07 Å². The van der Waals surface area contributed by atoms with Gasteiger partial charge in [0, 0.05) is 18.8 Å². The topological polar surface area (TPSA) is 85.2 Å². The number of benzene rings is 3. The van der Waals surface area contributed by atoms with Gasteiger partial charge in [-0.2, -0.15) is 5.26 Å². The van der Waals surface area contributed by atoms with E-state index in [2.05, 4.69) is 16.7 Å². The lowest BCUT2D eigenvalue weighted by molar-refractivity contribution is -0.125. The number of aryl methyl sites for hydroxylation is 3. The molecule has 0 bridgehead atoms. The lowest BCUT2D eigenvalue weighted by Gasteiger charge is -2.22. The lowest BCUT2D eigenvalue weighted by atomic mass is 10.1. The molecule has 0 heterocycles. The summed E-state index contributed by atoms with van der Waals surface area (Å²) in [4.78, 5) is 27.0. The van der Waals surface area contributed by atoms with Crippen molar-refractivity contribution in [3.05, 3.63) is 99.9 Å². The number of anilines is 1. The largest absolute Gasteiger partial charge is 0.346 e. The van der Waals surface area contributed by atoms with Crippen LogP contribution in [0, 0.1) is 37.9 Å². The maximum atomic E-state index is 13.7. The molecule has 6 nitrogen and oxygen atoms in total. The first-order valence-electron chi connectivity index (χ1n) is 11.3. The molecule has 3 aromatic rings. The van der Waals surface area contributed by atoms with Crippen molar-refractivity contribution < 1.29 is 14.0 Å². The zero-order valence-electron chi connectivity index (χ0n) is 20.2. The van der Waals surface area contributed by atoms with E-state index in [1.54, 1.807) is 24.3 Å². The quantitative estimate of drug-likeness (QED) is 0.484. The number of hydrogen-bond acceptors (Lipinski definition) is 4. The number of carbonyl (C=O) groups is 2. The summed E-state index contributed by atoms with van der Waals surface area (Å²) < 4.78 is 13.7. The first-order valence-corrected chi connectivity index (χ1v) is 11.3. The van der Waals surface area contributed by atoms with Gasteiger partial charge in [-0.3, -0.25) is 14.5 Å². The van der Waals surface area contributed by atoms with Crippen molar-refractivity contribution in [1.82, 2.24) is 10.2 Å². The van der Waals surface area contributed by atoms with Crippen molar-refractivity contribution in [2.45, 2.75) is 33.9 Å². The van der Waals surface area contributed by atoms with Gasteiger partial charge < -0.3 is 10.6 Å². The van der Waals surface area contributed by atoms with E-state index in [9.17, 15) is 14.0 Å². The van der Waals surface area contributed by atoms with Crippen LogP contribution < -0.4 is 10.6 Å². The highest BCUT2D eigenvalue weighted by Crippen LogP contribution is 2.21. The SMILES string of the molecule is Cc1cc(C)c(NC(=O)CNC(=O)CN(Cc2ccc(C#N)cc2)Cc2cccc(F)c2)c(C)c1. The Morgan fingerprint density at radius 3 is 2.20 bits per heavy atom. The third-order valence-corrected chi connectivity index (χ3v) is 5.54. The van der Waals surface area contributed by atoms with Crippen LogP contribution in [-0.4, -0.2) is 29.8 Å². The zero-order valence-corrected chi connectivity index (χ0v) is 20.2. The van der Waals surface area contributed by atoms with Crippen LogP contribution in [0.3, 0.4) is 0 Å². The van der Waals surface area contributed by atoms with Gasteiger partial charge >= 0.3 is 0 Å². The van der Waals surface area contributed by atoms with E-state index >= 15 is 0 Å². The predicted molar refractivity (Wildman–Crippen MR) is 134 cm³/mol. The summed E-state index contributed by atoms with van der Waals surface area (Å²) in [5, 5.41) is 14.6. The van der Waals surface area contributed by atoms with E-state index in [0.717, 1.165) is 33.5 Å². The van der Waals surface area contributed by atoms with E-state index in [1.165, 1.54) is 12.1 Å². The average Bonchev–Trinajstić information content (AvgIpc) is 2.80. The summed E-state index contributed by atoms with van der Waals surface area (Å²) in [6.45, 7) is 6.49. The summed E-state index contributed by atoms with van der Waals surface area (Å²) in [6.07, 6.45) is 0. The van der Waals surface area contributed by atoms with Gasteiger partial charge in [0.05, 0.1) is 24.7 Å². The number of nitrogens with one attached hydrogen (secondary N) is 2. The van der Waals surface area contributed by atoms with E-state index in [0.29, 0.717) is 18.7 Å². The molecule has 35 heavy (non-hydrogen) atoms. The minimum atomic E-state index is -0.344. The molecule has 0 unspecified atom stereocenters. The van der Waals surface area contributed by atoms with Crippen molar-refractivity contribution in [2.75, 3.05) is 18.4 Å². The highest BCUT2D eigenvalue weighted by molar-refractivity contribution is 5.96. The van der Waals surface area contributed by atoms with E-state index in [-0.39, 0.29) is 30.7 Å². The van der Waals surface area contributed by atoms with Crippen molar-refractivity contribution in [2.24, 2.45) is 0 Å². The average molecular weight is 473 g/mol. The molecule has 2 amide bonds. The number of nitrogens with zero attached hydrogens (tertiary/aromatic N) is 2. The summed E-state index contributed by atoms with van der Waals surface area (Å²) in [6, 6.07) is 19.4. The second-order valence-corrected chi connectivity index (χ2v) is 8.68. The van der Waals surface area contributed by atoms with Crippen molar-refractivity contribution >= 4 is 17.5 Å². The maximum absolute atomic E-state index is 13.7. The Kier molecular flexibility index (Phi) is 8.71. The molecule has 0 spiro atoms. The fraction of sp³-hybridized carbons (Fsp3) is 0.250. The van der Waals surface area contributed by atoms with Gasteiger partial charge in [0.1, 0.15) is 5.82 Å². The van der Waals surface area contributed by atoms with Crippen LogP contribution in [-0.2, 0) is 22.7 Å². The summed E-state index contributed by atoms with van der Waals surface area (Å²) in [5.41, 5.74) is 5.99. The van der Waals surface area contributed by atoms with Crippen LogP contribution in [0.4, 0.5) is 10.1 Å². The van der Waals surface area contributed by atoms with Crippen molar-refractivity contribution in [1.29, 1.82) is 5.26 Å². The Morgan fingerprint density at radius 1 is 0.914 bits per heavy atom. The molecule has 2 N–H and O–H groups in total. The minimum absolute atomic E-state index is 0.0202. The number of halogens is 1. The maximum Gasteiger partial charge on any atom is 0.243 e. The van der Waals surface area contributed by atoms with Crippen LogP contribution in [0.1, 0.15) is 33.4 Å². The number of nitriles is 1. The molecule has 0 aromatic heterocycles. The molecule has 0 aliphatic rings. The summed E-state index contributed by atoms with van der Waals surface area (Å²) >= 11 is 0. The molecule has 0 aliphatic carbocycles. The van der Waals surface area contributed by atoms with Gasteiger partial charge in [-0.15, -0.1) is 0 Å². The van der Waals surface area contributed by atoms with Gasteiger partial charge in [0.15, 0.2) is 0 Å². The highest BCUT2D eigenvalue weighted by Gasteiger charge is 2.15. The number of hydrogen-bond donors (Lipinski definition) is 2. The third kappa shape index (κ3) is 7.76. The van der Waals surface area contributed by atoms with E-state index in [4.69, 9.17) is 5.26 Å². The van der Waals surface area contributed by atoms with Gasteiger partial charge in [-0.05, 0) is 67.3 Å². The Labute approximate surface area is 205 Å². The number of amides is 2. The molecule has 0 saturated heterocycles. The second-order valence-electron chi connectivity index (χ2n) is 8.68.